The molecule has 5 nitrogen and oxygen atoms in total. The second-order valence-electron chi connectivity index (χ2n) is 5.14. The maximum absolute atomic E-state index is 9.15. The molecule has 3 aromatic rings. The van der Waals surface area contributed by atoms with Crippen molar-refractivity contribution in [2.45, 2.75) is 20.1 Å². The lowest BCUT2D eigenvalue weighted by Crippen LogP contribution is -2.01. The number of aromatic nitrogens is 3. The van der Waals surface area contributed by atoms with Gasteiger partial charge in [0, 0.05) is 30.9 Å². The molecule has 2 aromatic heterocycles. The number of nitrogens with zero attached hydrogens (tertiary/aromatic N) is 3. The van der Waals surface area contributed by atoms with Crippen LogP contribution < -0.4 is 5.32 Å². The van der Waals surface area contributed by atoms with Crippen LogP contribution in [0.5, 0.6) is 0 Å². The lowest BCUT2D eigenvalue weighted by molar-refractivity contribution is 0.282. The van der Waals surface area contributed by atoms with E-state index < -0.39 is 0 Å². The third kappa shape index (κ3) is 2.73. The van der Waals surface area contributed by atoms with Crippen molar-refractivity contribution in [1.29, 1.82) is 0 Å². The molecule has 21 heavy (non-hydrogen) atoms. The summed E-state index contributed by atoms with van der Waals surface area (Å²) in [6, 6.07) is 9.88. The quantitative estimate of drug-likeness (QED) is 0.771. The monoisotopic (exact) mass is 282 g/mol. The molecule has 0 saturated heterocycles. The van der Waals surface area contributed by atoms with E-state index in [1.807, 2.05) is 44.4 Å². The predicted octanol–water partition coefficient (Wildman–Crippen LogP) is 2.38. The van der Waals surface area contributed by atoms with Crippen molar-refractivity contribution in [2.24, 2.45) is 7.05 Å². The van der Waals surface area contributed by atoms with Crippen LogP contribution in [0.4, 0.5) is 5.69 Å². The summed E-state index contributed by atoms with van der Waals surface area (Å²) in [5.74, 6) is 0. The zero-order valence-electron chi connectivity index (χ0n) is 12.2. The van der Waals surface area contributed by atoms with Crippen molar-refractivity contribution in [3.63, 3.8) is 0 Å². The van der Waals surface area contributed by atoms with Gasteiger partial charge in [-0.2, -0.15) is 5.10 Å². The standard InChI is InChI=1S/C16H18N4O/c1-11-15-7-13(9-18-16(15)20(2)19-11)8-17-14-5-3-4-12(6-14)10-21/h3-7,9,17,21H,8,10H2,1-2H3. The Morgan fingerprint density at radius 3 is 2.90 bits per heavy atom. The number of aliphatic hydroxyl groups excluding tert-OH is 1. The second kappa shape index (κ2) is 5.54. The van der Waals surface area contributed by atoms with Gasteiger partial charge in [-0.3, -0.25) is 4.68 Å². The minimum atomic E-state index is 0.0535. The fourth-order valence-electron chi connectivity index (χ4n) is 2.43. The van der Waals surface area contributed by atoms with Gasteiger partial charge < -0.3 is 10.4 Å². The molecular weight excluding hydrogens is 264 g/mol. The van der Waals surface area contributed by atoms with Crippen LogP contribution in [0, 0.1) is 6.92 Å². The number of fused-ring (bicyclic) bond motifs is 1. The number of benzene rings is 1. The molecule has 0 bridgehead atoms. The summed E-state index contributed by atoms with van der Waals surface area (Å²) < 4.78 is 1.80. The second-order valence-corrected chi connectivity index (χ2v) is 5.14. The van der Waals surface area contributed by atoms with E-state index in [1.54, 1.807) is 4.68 Å². The van der Waals surface area contributed by atoms with E-state index in [1.165, 1.54) is 0 Å². The van der Waals surface area contributed by atoms with Crippen LogP contribution in [0.25, 0.3) is 11.0 Å². The minimum absolute atomic E-state index is 0.0535. The number of aliphatic hydroxyl groups is 1. The average molecular weight is 282 g/mol. The molecule has 0 aliphatic heterocycles. The number of rotatable bonds is 4. The van der Waals surface area contributed by atoms with E-state index in [0.717, 1.165) is 33.5 Å². The van der Waals surface area contributed by atoms with Gasteiger partial charge in [0.05, 0.1) is 12.3 Å². The molecule has 3 rings (SSSR count). The molecule has 0 aliphatic rings. The summed E-state index contributed by atoms with van der Waals surface area (Å²) in [4.78, 5) is 4.47. The Labute approximate surface area is 123 Å². The fraction of sp³-hybridized carbons (Fsp3) is 0.250. The van der Waals surface area contributed by atoms with E-state index in [4.69, 9.17) is 5.11 Å². The van der Waals surface area contributed by atoms with E-state index in [-0.39, 0.29) is 6.61 Å². The Kier molecular flexibility index (Phi) is 3.58. The van der Waals surface area contributed by atoms with Gasteiger partial charge in [0.1, 0.15) is 0 Å². The molecule has 0 saturated carbocycles. The highest BCUT2D eigenvalue weighted by Gasteiger charge is 2.06. The predicted molar refractivity (Wildman–Crippen MR) is 82.9 cm³/mol. The highest BCUT2D eigenvalue weighted by molar-refractivity contribution is 5.78. The molecular formula is C16H18N4O. The number of nitrogens with one attached hydrogen (secondary N) is 1. The van der Waals surface area contributed by atoms with E-state index >= 15 is 0 Å². The van der Waals surface area contributed by atoms with Crippen LogP contribution in [0.1, 0.15) is 16.8 Å². The van der Waals surface area contributed by atoms with Crippen molar-refractivity contribution in [1.82, 2.24) is 14.8 Å². The highest BCUT2D eigenvalue weighted by Crippen LogP contribution is 2.18. The maximum atomic E-state index is 9.15. The van der Waals surface area contributed by atoms with E-state index in [9.17, 15) is 0 Å². The third-order valence-electron chi connectivity index (χ3n) is 3.53. The van der Waals surface area contributed by atoms with Crippen molar-refractivity contribution in [3.05, 3.63) is 53.3 Å². The average Bonchev–Trinajstić information content (AvgIpc) is 2.80. The maximum Gasteiger partial charge on any atom is 0.157 e. The number of anilines is 1. The number of hydrogen-bond acceptors (Lipinski definition) is 4. The van der Waals surface area contributed by atoms with Gasteiger partial charge in [-0.15, -0.1) is 0 Å². The Balaban J connectivity index is 1.80. The van der Waals surface area contributed by atoms with Gasteiger partial charge >= 0.3 is 0 Å². The first-order valence-corrected chi connectivity index (χ1v) is 6.89. The summed E-state index contributed by atoms with van der Waals surface area (Å²) in [6.07, 6.45) is 1.87. The van der Waals surface area contributed by atoms with E-state index in [2.05, 4.69) is 21.5 Å². The van der Waals surface area contributed by atoms with Crippen LogP contribution in [0.3, 0.4) is 0 Å². The zero-order valence-corrected chi connectivity index (χ0v) is 12.2. The van der Waals surface area contributed by atoms with Crippen LogP contribution in [0.15, 0.2) is 36.5 Å². The molecule has 0 atom stereocenters. The van der Waals surface area contributed by atoms with Gasteiger partial charge in [0.2, 0.25) is 0 Å². The first-order chi connectivity index (χ1) is 10.2. The molecule has 0 amide bonds. The Hall–Kier alpha value is -2.40. The van der Waals surface area contributed by atoms with Crippen LogP contribution in [-0.2, 0) is 20.2 Å². The number of hydrogen-bond donors (Lipinski definition) is 2. The molecule has 0 unspecified atom stereocenters. The summed E-state index contributed by atoms with van der Waals surface area (Å²) in [5.41, 5.74) is 4.89. The Bertz CT molecular complexity index is 779. The molecule has 0 spiro atoms. The summed E-state index contributed by atoms with van der Waals surface area (Å²) in [6.45, 7) is 2.73. The lowest BCUT2D eigenvalue weighted by atomic mass is 10.2. The van der Waals surface area contributed by atoms with Crippen molar-refractivity contribution >= 4 is 16.7 Å². The first-order valence-electron chi connectivity index (χ1n) is 6.89. The van der Waals surface area contributed by atoms with Crippen LogP contribution >= 0.6 is 0 Å². The zero-order chi connectivity index (χ0) is 14.8. The van der Waals surface area contributed by atoms with Gasteiger partial charge in [-0.1, -0.05) is 12.1 Å². The summed E-state index contributed by atoms with van der Waals surface area (Å²) in [5, 5.41) is 18.0. The van der Waals surface area contributed by atoms with Gasteiger partial charge in [-0.05, 0) is 36.2 Å². The van der Waals surface area contributed by atoms with Crippen molar-refractivity contribution in [3.8, 4) is 0 Å². The molecule has 0 radical (unpaired) electrons. The lowest BCUT2D eigenvalue weighted by Gasteiger charge is -2.08. The Morgan fingerprint density at radius 1 is 1.24 bits per heavy atom. The van der Waals surface area contributed by atoms with Gasteiger partial charge in [-0.25, -0.2) is 4.98 Å². The van der Waals surface area contributed by atoms with Crippen LogP contribution in [-0.4, -0.2) is 19.9 Å². The fourth-order valence-corrected chi connectivity index (χ4v) is 2.43. The smallest absolute Gasteiger partial charge is 0.157 e. The van der Waals surface area contributed by atoms with Crippen LogP contribution in [0.2, 0.25) is 0 Å². The summed E-state index contributed by atoms with van der Waals surface area (Å²) in [7, 11) is 1.90. The number of pyridine rings is 1. The summed E-state index contributed by atoms with van der Waals surface area (Å²) >= 11 is 0. The van der Waals surface area contributed by atoms with Crippen molar-refractivity contribution in [2.75, 3.05) is 5.32 Å². The topological polar surface area (TPSA) is 63.0 Å². The minimum Gasteiger partial charge on any atom is -0.392 e. The molecule has 2 N–H and O–H groups in total. The highest BCUT2D eigenvalue weighted by atomic mass is 16.3. The Morgan fingerprint density at radius 2 is 2.10 bits per heavy atom. The molecule has 108 valence electrons. The largest absolute Gasteiger partial charge is 0.392 e. The van der Waals surface area contributed by atoms with Gasteiger partial charge in [0.25, 0.3) is 0 Å². The molecule has 1 aromatic carbocycles. The molecule has 0 aliphatic carbocycles. The number of aryl methyl sites for hydroxylation is 2. The SMILES string of the molecule is Cc1nn(C)c2ncc(CNc3cccc(CO)c3)cc12. The van der Waals surface area contributed by atoms with Gasteiger partial charge in [0.15, 0.2) is 5.65 Å². The molecule has 2 heterocycles. The molecule has 0 fully saturated rings. The van der Waals surface area contributed by atoms with Crippen molar-refractivity contribution < 1.29 is 5.11 Å². The normalized spacial score (nSPS) is 11.0. The first kappa shape index (κ1) is 13.6. The van der Waals surface area contributed by atoms with E-state index in [0.29, 0.717) is 6.54 Å². The molecule has 5 heteroatoms. The third-order valence-corrected chi connectivity index (χ3v) is 3.53.